The lowest BCUT2D eigenvalue weighted by Gasteiger charge is -2.32. The Morgan fingerprint density at radius 2 is 1.74 bits per heavy atom. The number of hydrogen-bond acceptors (Lipinski definition) is 5. The number of thioether (sulfide) groups is 1. The Morgan fingerprint density at radius 3 is 2.39 bits per heavy atom. The fourth-order valence-corrected chi connectivity index (χ4v) is 4.56. The first-order valence-electron chi connectivity index (χ1n) is 10.4. The van der Waals surface area contributed by atoms with Crippen molar-refractivity contribution in [3.05, 3.63) is 65.7 Å². The highest BCUT2D eigenvalue weighted by molar-refractivity contribution is 8.15. The highest BCUT2D eigenvalue weighted by Crippen LogP contribution is 2.25. The number of carbonyl (C=O) groups excluding carboxylic acids is 3. The number of imide groups is 1. The zero-order chi connectivity index (χ0) is 21.6. The van der Waals surface area contributed by atoms with Crippen molar-refractivity contribution in [1.82, 2.24) is 15.5 Å². The van der Waals surface area contributed by atoms with Crippen molar-refractivity contribution >= 4 is 28.9 Å². The number of amides is 4. The van der Waals surface area contributed by atoms with Crippen LogP contribution in [-0.4, -0.2) is 46.5 Å². The van der Waals surface area contributed by atoms with Crippen LogP contribution >= 0.6 is 11.8 Å². The van der Waals surface area contributed by atoms with Crippen molar-refractivity contribution < 1.29 is 19.1 Å². The Kier molecular flexibility index (Phi) is 6.76. The van der Waals surface area contributed by atoms with Gasteiger partial charge in [0.15, 0.2) is 0 Å². The summed E-state index contributed by atoms with van der Waals surface area (Å²) >= 11 is 1.04. The summed E-state index contributed by atoms with van der Waals surface area (Å²) in [4.78, 5) is 37.2. The zero-order valence-electron chi connectivity index (χ0n) is 17.1. The molecule has 0 aliphatic carbocycles. The first-order chi connectivity index (χ1) is 15.1. The van der Waals surface area contributed by atoms with E-state index >= 15 is 0 Å². The summed E-state index contributed by atoms with van der Waals surface area (Å²) in [5.74, 6) is 0.547. The minimum atomic E-state index is -0.364. The number of piperidine rings is 1. The van der Waals surface area contributed by atoms with Crippen LogP contribution in [0.15, 0.2) is 54.6 Å². The molecular weight excluding hydrogens is 414 g/mol. The Morgan fingerprint density at radius 1 is 1.03 bits per heavy atom. The van der Waals surface area contributed by atoms with Crippen LogP contribution in [0.1, 0.15) is 24.0 Å². The number of benzene rings is 2. The van der Waals surface area contributed by atoms with E-state index < -0.39 is 0 Å². The number of rotatable bonds is 6. The van der Waals surface area contributed by atoms with Crippen LogP contribution in [0, 0.1) is 0 Å². The van der Waals surface area contributed by atoms with Crippen LogP contribution in [0.3, 0.4) is 0 Å². The van der Waals surface area contributed by atoms with Crippen LogP contribution in [0.5, 0.6) is 5.75 Å². The van der Waals surface area contributed by atoms with Gasteiger partial charge in [-0.1, -0.05) is 54.2 Å². The molecule has 0 saturated carbocycles. The molecule has 2 aliphatic heterocycles. The molecule has 7 nitrogen and oxygen atoms in total. The number of ether oxygens (including phenoxy) is 1. The van der Waals surface area contributed by atoms with Gasteiger partial charge in [-0.2, -0.15) is 0 Å². The molecule has 0 spiro atoms. The molecule has 2 aromatic carbocycles. The average Bonchev–Trinajstić information content (AvgIpc) is 3.11. The van der Waals surface area contributed by atoms with Gasteiger partial charge in [0.05, 0.1) is 5.25 Å². The van der Waals surface area contributed by atoms with Gasteiger partial charge in [-0.3, -0.25) is 14.9 Å². The smallest absolute Gasteiger partial charge is 0.317 e. The van der Waals surface area contributed by atoms with E-state index in [0.717, 1.165) is 41.5 Å². The fraction of sp³-hybridized carbons (Fsp3) is 0.348. The van der Waals surface area contributed by atoms with Gasteiger partial charge in [0.1, 0.15) is 11.9 Å². The van der Waals surface area contributed by atoms with E-state index in [2.05, 4.69) is 10.6 Å². The van der Waals surface area contributed by atoms with E-state index in [1.807, 2.05) is 59.5 Å². The minimum Gasteiger partial charge on any atom is -0.490 e. The molecule has 31 heavy (non-hydrogen) atoms. The first kappa shape index (κ1) is 21.2. The van der Waals surface area contributed by atoms with E-state index in [9.17, 15) is 14.4 Å². The molecule has 1 unspecified atom stereocenters. The topological polar surface area (TPSA) is 87.7 Å². The van der Waals surface area contributed by atoms with Gasteiger partial charge in [-0.25, -0.2) is 4.79 Å². The normalized spacial score (nSPS) is 19.2. The van der Waals surface area contributed by atoms with E-state index in [4.69, 9.17) is 4.74 Å². The third-order valence-corrected chi connectivity index (χ3v) is 6.41. The lowest BCUT2D eigenvalue weighted by atomic mass is 10.1. The molecule has 0 aromatic heterocycles. The van der Waals surface area contributed by atoms with E-state index in [0.29, 0.717) is 26.1 Å². The summed E-state index contributed by atoms with van der Waals surface area (Å²) in [5.41, 5.74) is 2.07. The maximum Gasteiger partial charge on any atom is 0.317 e. The van der Waals surface area contributed by atoms with Gasteiger partial charge in [0, 0.05) is 32.5 Å². The number of likely N-dealkylation sites (tertiary alicyclic amines) is 1. The van der Waals surface area contributed by atoms with Crippen molar-refractivity contribution in [3.8, 4) is 5.75 Å². The number of nitrogens with zero attached hydrogens (tertiary/aromatic N) is 1. The largest absolute Gasteiger partial charge is 0.490 e. The monoisotopic (exact) mass is 439 g/mol. The standard InChI is InChI=1S/C23H25N3O4S/c27-21-20(31-23(29)25-21)14-16-6-8-18(9-7-16)30-19-10-12-26(13-11-19)22(28)24-15-17-4-2-1-3-5-17/h1-9,19-20H,10-15H2,(H,24,28)(H,25,27,29). The molecule has 4 rings (SSSR count). The summed E-state index contributed by atoms with van der Waals surface area (Å²) < 4.78 is 6.08. The summed E-state index contributed by atoms with van der Waals surface area (Å²) in [6.45, 7) is 1.84. The van der Waals surface area contributed by atoms with Gasteiger partial charge >= 0.3 is 6.03 Å². The second-order valence-electron chi connectivity index (χ2n) is 7.68. The summed E-state index contributed by atoms with van der Waals surface area (Å²) in [7, 11) is 0. The number of nitrogens with one attached hydrogen (secondary N) is 2. The molecular formula is C23H25N3O4S. The Labute approximate surface area is 185 Å². The summed E-state index contributed by atoms with van der Waals surface area (Å²) in [6.07, 6.45) is 2.14. The highest BCUT2D eigenvalue weighted by Gasteiger charge is 2.31. The molecule has 8 heteroatoms. The van der Waals surface area contributed by atoms with Gasteiger partial charge in [-0.05, 0) is 29.7 Å². The maximum absolute atomic E-state index is 12.4. The predicted molar refractivity (Wildman–Crippen MR) is 119 cm³/mol. The third kappa shape index (κ3) is 5.79. The molecule has 2 aromatic rings. The Bertz CT molecular complexity index is 928. The van der Waals surface area contributed by atoms with E-state index in [1.54, 1.807) is 0 Å². The molecule has 2 aliphatic rings. The van der Waals surface area contributed by atoms with Crippen molar-refractivity contribution in [1.29, 1.82) is 0 Å². The van der Waals surface area contributed by atoms with Gasteiger partial charge in [-0.15, -0.1) is 0 Å². The van der Waals surface area contributed by atoms with Crippen molar-refractivity contribution in [2.45, 2.75) is 37.2 Å². The molecule has 2 N–H and O–H groups in total. The molecule has 4 amide bonds. The average molecular weight is 440 g/mol. The van der Waals surface area contributed by atoms with E-state index in [1.165, 1.54) is 0 Å². The molecule has 0 bridgehead atoms. The molecule has 2 heterocycles. The molecule has 0 radical (unpaired) electrons. The first-order valence-corrected chi connectivity index (χ1v) is 11.3. The van der Waals surface area contributed by atoms with Crippen LogP contribution in [0.2, 0.25) is 0 Å². The highest BCUT2D eigenvalue weighted by atomic mass is 32.2. The van der Waals surface area contributed by atoms with Gasteiger partial charge < -0.3 is 15.0 Å². The number of urea groups is 1. The summed E-state index contributed by atoms with van der Waals surface area (Å²) in [5, 5.41) is 4.63. The van der Waals surface area contributed by atoms with Crippen molar-refractivity contribution in [3.63, 3.8) is 0 Å². The maximum atomic E-state index is 12.4. The Hall–Kier alpha value is -3.00. The SMILES string of the molecule is O=C1NC(=O)C(Cc2ccc(OC3CCN(C(=O)NCc4ccccc4)CC3)cc2)S1. The third-order valence-electron chi connectivity index (χ3n) is 5.43. The Balaban J connectivity index is 1.20. The van der Waals surface area contributed by atoms with E-state index in [-0.39, 0.29) is 28.5 Å². The molecule has 162 valence electrons. The second-order valence-corrected chi connectivity index (χ2v) is 8.86. The number of hydrogen-bond donors (Lipinski definition) is 2. The van der Waals surface area contributed by atoms with Gasteiger partial charge in [0.25, 0.3) is 5.24 Å². The van der Waals surface area contributed by atoms with Crippen molar-refractivity contribution in [2.75, 3.05) is 13.1 Å². The van der Waals surface area contributed by atoms with Crippen LogP contribution in [0.25, 0.3) is 0 Å². The van der Waals surface area contributed by atoms with Crippen LogP contribution < -0.4 is 15.4 Å². The predicted octanol–water partition coefficient (Wildman–Crippen LogP) is 3.33. The number of carbonyl (C=O) groups is 3. The quantitative estimate of drug-likeness (QED) is 0.721. The lowest BCUT2D eigenvalue weighted by molar-refractivity contribution is -0.118. The molecule has 1 atom stereocenters. The van der Waals surface area contributed by atoms with Crippen LogP contribution in [-0.2, 0) is 17.8 Å². The molecule has 2 saturated heterocycles. The second kappa shape index (κ2) is 9.87. The fourth-order valence-electron chi connectivity index (χ4n) is 3.70. The minimum absolute atomic E-state index is 0.0426. The summed E-state index contributed by atoms with van der Waals surface area (Å²) in [6, 6.07) is 17.5. The van der Waals surface area contributed by atoms with Gasteiger partial charge in [0.2, 0.25) is 5.91 Å². The van der Waals surface area contributed by atoms with Crippen LogP contribution in [0.4, 0.5) is 9.59 Å². The van der Waals surface area contributed by atoms with Crippen molar-refractivity contribution in [2.24, 2.45) is 0 Å². The zero-order valence-corrected chi connectivity index (χ0v) is 17.9. The molecule has 2 fully saturated rings. The lowest BCUT2D eigenvalue weighted by Crippen LogP contribution is -2.46.